The van der Waals surface area contributed by atoms with Crippen molar-refractivity contribution in [1.82, 2.24) is 24.1 Å². The van der Waals surface area contributed by atoms with Gasteiger partial charge in [-0.15, -0.1) is 0 Å². The van der Waals surface area contributed by atoms with Crippen LogP contribution in [0.3, 0.4) is 0 Å². The zero-order chi connectivity index (χ0) is 21.0. The van der Waals surface area contributed by atoms with E-state index < -0.39 is 0 Å². The van der Waals surface area contributed by atoms with Crippen LogP contribution >= 0.6 is 0 Å². The van der Waals surface area contributed by atoms with E-state index in [1.807, 2.05) is 29.3 Å². The number of morpholine rings is 2. The fraction of sp³-hybridized carbons (Fsp3) is 0.652. The minimum Gasteiger partial charge on any atom is -0.379 e. The third-order valence-electron chi connectivity index (χ3n) is 6.73. The number of carbonyl (C=O) groups is 1. The van der Waals surface area contributed by atoms with E-state index in [1.165, 1.54) is 12.8 Å². The predicted molar refractivity (Wildman–Crippen MR) is 117 cm³/mol. The van der Waals surface area contributed by atoms with Crippen LogP contribution in [0, 0.1) is 5.92 Å². The van der Waals surface area contributed by atoms with E-state index in [4.69, 9.17) is 14.5 Å². The van der Waals surface area contributed by atoms with Gasteiger partial charge in [-0.3, -0.25) is 14.6 Å². The highest BCUT2D eigenvalue weighted by molar-refractivity contribution is 5.94. The van der Waals surface area contributed by atoms with E-state index in [1.54, 1.807) is 0 Å². The van der Waals surface area contributed by atoms with Gasteiger partial charge in [-0.1, -0.05) is 6.07 Å². The summed E-state index contributed by atoms with van der Waals surface area (Å²) in [6.45, 7) is 10.3. The van der Waals surface area contributed by atoms with Crippen LogP contribution in [-0.2, 0) is 16.0 Å². The number of piperidine rings is 1. The number of ether oxygens (including phenoxy) is 2. The summed E-state index contributed by atoms with van der Waals surface area (Å²) < 4.78 is 13.0. The summed E-state index contributed by atoms with van der Waals surface area (Å²) in [6, 6.07) is 5.98. The zero-order valence-electron chi connectivity index (χ0n) is 18.2. The molecule has 0 bridgehead atoms. The van der Waals surface area contributed by atoms with Crippen molar-refractivity contribution < 1.29 is 14.3 Å². The molecule has 0 radical (unpaired) electrons. The molecular formula is C23H33N5O3. The van der Waals surface area contributed by atoms with Gasteiger partial charge in [0.2, 0.25) is 0 Å². The zero-order valence-corrected chi connectivity index (χ0v) is 18.2. The lowest BCUT2D eigenvalue weighted by molar-refractivity contribution is 0.0222. The van der Waals surface area contributed by atoms with Crippen molar-refractivity contribution in [3.8, 4) is 0 Å². The van der Waals surface area contributed by atoms with Crippen molar-refractivity contribution in [2.75, 3.05) is 72.2 Å². The minimum absolute atomic E-state index is 0.0314. The first-order valence-corrected chi connectivity index (χ1v) is 11.6. The second kappa shape index (κ2) is 9.65. The normalized spacial score (nSPS) is 24.0. The monoisotopic (exact) mass is 427 g/mol. The van der Waals surface area contributed by atoms with Gasteiger partial charge in [0, 0.05) is 52.0 Å². The first kappa shape index (κ1) is 20.9. The molecule has 2 aromatic rings. The Morgan fingerprint density at radius 1 is 1.00 bits per heavy atom. The SMILES string of the molecule is O=C(c1nc2ccccn2c1CN1CCC[C@H](CN2CCOCC2)C1)N1CCOCC1. The van der Waals surface area contributed by atoms with E-state index in [0.29, 0.717) is 37.9 Å². The predicted octanol–water partition coefficient (Wildman–Crippen LogP) is 1.35. The summed E-state index contributed by atoms with van der Waals surface area (Å²) in [4.78, 5) is 25.0. The second-order valence-corrected chi connectivity index (χ2v) is 8.90. The molecule has 168 valence electrons. The highest BCUT2D eigenvalue weighted by atomic mass is 16.5. The number of amides is 1. The van der Waals surface area contributed by atoms with Crippen molar-refractivity contribution in [1.29, 1.82) is 0 Å². The summed E-state index contributed by atoms with van der Waals surface area (Å²) >= 11 is 0. The molecule has 2 aromatic heterocycles. The van der Waals surface area contributed by atoms with Crippen molar-refractivity contribution in [2.24, 2.45) is 5.92 Å². The molecule has 3 aliphatic heterocycles. The van der Waals surface area contributed by atoms with Gasteiger partial charge in [0.1, 0.15) is 5.65 Å². The van der Waals surface area contributed by atoms with Crippen LogP contribution in [0.25, 0.3) is 5.65 Å². The Balaban J connectivity index is 1.33. The quantitative estimate of drug-likeness (QED) is 0.718. The maximum atomic E-state index is 13.3. The molecular weight excluding hydrogens is 394 g/mol. The van der Waals surface area contributed by atoms with Crippen molar-refractivity contribution in [3.63, 3.8) is 0 Å². The van der Waals surface area contributed by atoms with Gasteiger partial charge in [-0.05, 0) is 37.4 Å². The lowest BCUT2D eigenvalue weighted by Crippen LogP contribution is -2.44. The number of hydrogen-bond donors (Lipinski definition) is 0. The Bertz CT molecular complexity index is 888. The highest BCUT2D eigenvalue weighted by Gasteiger charge is 2.28. The number of aromatic nitrogens is 2. The maximum Gasteiger partial charge on any atom is 0.274 e. The Labute approximate surface area is 183 Å². The molecule has 3 saturated heterocycles. The number of fused-ring (bicyclic) bond motifs is 1. The topological polar surface area (TPSA) is 62.6 Å². The minimum atomic E-state index is 0.0314. The molecule has 0 unspecified atom stereocenters. The summed E-state index contributed by atoms with van der Waals surface area (Å²) in [5.74, 6) is 0.702. The first-order valence-electron chi connectivity index (χ1n) is 11.6. The highest BCUT2D eigenvalue weighted by Crippen LogP contribution is 2.23. The van der Waals surface area contributed by atoms with Crippen molar-refractivity contribution >= 4 is 11.6 Å². The standard InChI is InChI=1S/C23H33N5O3/c29-23(27-10-14-31-15-11-27)22-20(28-7-2-1-5-21(28)24-22)18-26-6-3-4-19(17-26)16-25-8-12-30-13-9-25/h1-2,5,7,19H,3-4,6,8-18H2/t19-/m1/s1. The molecule has 0 aliphatic carbocycles. The summed E-state index contributed by atoms with van der Waals surface area (Å²) in [6.07, 6.45) is 4.52. The van der Waals surface area contributed by atoms with Crippen molar-refractivity contribution in [3.05, 3.63) is 35.8 Å². The van der Waals surface area contributed by atoms with Crippen LogP contribution in [0.2, 0.25) is 0 Å². The molecule has 8 nitrogen and oxygen atoms in total. The van der Waals surface area contributed by atoms with Gasteiger partial charge in [-0.2, -0.15) is 0 Å². The average molecular weight is 428 g/mol. The van der Waals surface area contributed by atoms with Crippen LogP contribution in [-0.4, -0.2) is 102 Å². The van der Waals surface area contributed by atoms with Gasteiger partial charge in [0.25, 0.3) is 5.91 Å². The van der Waals surface area contributed by atoms with Crippen molar-refractivity contribution in [2.45, 2.75) is 19.4 Å². The maximum absolute atomic E-state index is 13.3. The number of imidazole rings is 1. The molecule has 31 heavy (non-hydrogen) atoms. The fourth-order valence-electron chi connectivity index (χ4n) is 5.09. The molecule has 1 amide bonds. The Hall–Kier alpha value is -2.00. The van der Waals surface area contributed by atoms with Crippen LogP contribution < -0.4 is 0 Å². The lowest BCUT2D eigenvalue weighted by atomic mass is 9.97. The first-order chi connectivity index (χ1) is 15.3. The average Bonchev–Trinajstić information content (AvgIpc) is 3.18. The number of hydrogen-bond acceptors (Lipinski definition) is 6. The Morgan fingerprint density at radius 2 is 1.77 bits per heavy atom. The molecule has 5 heterocycles. The van der Waals surface area contributed by atoms with E-state index in [-0.39, 0.29) is 5.91 Å². The Kier molecular flexibility index (Phi) is 6.50. The molecule has 0 saturated carbocycles. The van der Waals surface area contributed by atoms with Gasteiger partial charge >= 0.3 is 0 Å². The molecule has 8 heteroatoms. The number of rotatable bonds is 5. The van der Waals surface area contributed by atoms with Gasteiger partial charge in [0.15, 0.2) is 5.69 Å². The number of carbonyl (C=O) groups excluding carboxylic acids is 1. The smallest absolute Gasteiger partial charge is 0.274 e. The summed E-state index contributed by atoms with van der Waals surface area (Å²) in [7, 11) is 0. The third-order valence-corrected chi connectivity index (χ3v) is 6.73. The van der Waals surface area contributed by atoms with E-state index >= 15 is 0 Å². The molecule has 3 aliphatic rings. The fourth-order valence-corrected chi connectivity index (χ4v) is 5.09. The molecule has 0 spiro atoms. The molecule has 1 atom stereocenters. The van der Waals surface area contributed by atoms with Gasteiger partial charge in [0.05, 0.1) is 32.1 Å². The van der Waals surface area contributed by atoms with Crippen LogP contribution in [0.4, 0.5) is 0 Å². The van der Waals surface area contributed by atoms with Gasteiger partial charge < -0.3 is 18.8 Å². The number of likely N-dealkylation sites (tertiary alicyclic amines) is 1. The van der Waals surface area contributed by atoms with Gasteiger partial charge in [-0.25, -0.2) is 4.98 Å². The lowest BCUT2D eigenvalue weighted by Gasteiger charge is -2.36. The van der Waals surface area contributed by atoms with Crippen LogP contribution in [0.15, 0.2) is 24.4 Å². The molecule has 3 fully saturated rings. The molecule has 0 aromatic carbocycles. The summed E-state index contributed by atoms with van der Waals surface area (Å²) in [5, 5.41) is 0. The van der Waals surface area contributed by atoms with Crippen LogP contribution in [0.1, 0.15) is 29.0 Å². The van der Waals surface area contributed by atoms with E-state index in [0.717, 1.165) is 63.8 Å². The Morgan fingerprint density at radius 3 is 2.58 bits per heavy atom. The molecule has 0 N–H and O–H groups in total. The number of nitrogens with zero attached hydrogens (tertiary/aromatic N) is 5. The second-order valence-electron chi connectivity index (χ2n) is 8.90. The summed E-state index contributed by atoms with van der Waals surface area (Å²) in [5.41, 5.74) is 2.46. The molecule has 5 rings (SSSR count). The largest absolute Gasteiger partial charge is 0.379 e. The van der Waals surface area contributed by atoms with Crippen LogP contribution in [0.5, 0.6) is 0 Å². The van der Waals surface area contributed by atoms with E-state index in [9.17, 15) is 4.79 Å². The number of pyridine rings is 1. The van der Waals surface area contributed by atoms with E-state index in [2.05, 4.69) is 14.2 Å². The third kappa shape index (κ3) is 4.77.